The number of hydrogen-bond donors (Lipinski definition) is 2. The third-order valence-corrected chi connectivity index (χ3v) is 4.69. The summed E-state index contributed by atoms with van der Waals surface area (Å²) in [5, 5.41) is 14.7. The molecule has 2 aromatic heterocycles. The predicted molar refractivity (Wildman–Crippen MR) is 89.1 cm³/mol. The Hall–Kier alpha value is -2.18. The Balaban J connectivity index is 1.77. The van der Waals surface area contributed by atoms with E-state index in [1.165, 1.54) is 11.3 Å². The van der Waals surface area contributed by atoms with Crippen molar-refractivity contribution in [3.63, 3.8) is 0 Å². The molecule has 5 nitrogen and oxygen atoms in total. The number of aromatic nitrogens is 3. The van der Waals surface area contributed by atoms with Gasteiger partial charge in [0.15, 0.2) is 5.82 Å². The van der Waals surface area contributed by atoms with Crippen molar-refractivity contribution in [3.05, 3.63) is 52.7 Å². The van der Waals surface area contributed by atoms with Gasteiger partial charge in [-0.1, -0.05) is 18.2 Å². The molecule has 0 bridgehead atoms. The Kier molecular flexibility index (Phi) is 3.40. The smallest absolute Gasteiger partial charge is 0.210 e. The van der Waals surface area contributed by atoms with Gasteiger partial charge in [-0.2, -0.15) is 0 Å². The third-order valence-electron chi connectivity index (χ3n) is 3.75. The van der Waals surface area contributed by atoms with Gasteiger partial charge in [0.2, 0.25) is 5.13 Å². The van der Waals surface area contributed by atoms with Crippen molar-refractivity contribution in [2.75, 3.05) is 11.9 Å². The van der Waals surface area contributed by atoms with Crippen LogP contribution >= 0.6 is 11.3 Å². The molecular weight excluding hydrogens is 294 g/mol. The first-order valence-electron chi connectivity index (χ1n) is 7.37. The molecule has 0 fully saturated rings. The second-order valence-corrected chi connectivity index (χ2v) is 6.21. The van der Waals surface area contributed by atoms with Crippen LogP contribution in [0.5, 0.6) is 0 Å². The number of aryl methyl sites for hydroxylation is 1. The number of fused-ring (bicyclic) bond motifs is 1. The van der Waals surface area contributed by atoms with Crippen LogP contribution in [0.25, 0.3) is 5.13 Å². The lowest BCUT2D eigenvalue weighted by atomic mass is 10.1. The van der Waals surface area contributed by atoms with Gasteiger partial charge in [0.05, 0.1) is 11.4 Å². The highest BCUT2D eigenvalue weighted by atomic mass is 32.1. The lowest BCUT2D eigenvalue weighted by Gasteiger charge is -2.14. The molecule has 2 N–H and O–H groups in total. The highest BCUT2D eigenvalue weighted by Gasteiger charge is 2.22. The minimum atomic E-state index is 0.842. The Morgan fingerprint density at radius 2 is 2.14 bits per heavy atom. The van der Waals surface area contributed by atoms with Gasteiger partial charge in [0, 0.05) is 36.1 Å². The van der Waals surface area contributed by atoms with Gasteiger partial charge in [-0.25, -0.2) is 9.67 Å². The van der Waals surface area contributed by atoms with Crippen molar-refractivity contribution in [3.8, 4) is 5.13 Å². The lowest BCUT2D eigenvalue weighted by Crippen LogP contribution is -2.24. The van der Waals surface area contributed by atoms with Gasteiger partial charge in [0.25, 0.3) is 0 Å². The fraction of sp³-hybridized carbons (Fsp3) is 0.250. The zero-order chi connectivity index (χ0) is 14.9. The number of nitrogens with zero attached hydrogens (tertiary/aromatic N) is 3. The zero-order valence-corrected chi connectivity index (χ0v) is 13.2. The minimum absolute atomic E-state index is 0.842. The van der Waals surface area contributed by atoms with Gasteiger partial charge in [-0.15, -0.1) is 16.4 Å². The maximum atomic E-state index is 4.78. The van der Waals surface area contributed by atoms with Crippen molar-refractivity contribution in [1.29, 1.82) is 0 Å². The SMILES string of the molecule is Cc1csc(-n2nc(Nc3ccccc3)c3c2CCNC3)n1. The average Bonchev–Trinajstić information content (AvgIpc) is 3.13. The van der Waals surface area contributed by atoms with Crippen LogP contribution in [0, 0.1) is 6.92 Å². The molecule has 6 heteroatoms. The van der Waals surface area contributed by atoms with Gasteiger partial charge in [-0.3, -0.25) is 0 Å². The number of hydrogen-bond acceptors (Lipinski definition) is 5. The van der Waals surface area contributed by atoms with Crippen LogP contribution in [0.3, 0.4) is 0 Å². The molecule has 0 amide bonds. The van der Waals surface area contributed by atoms with E-state index in [1.807, 2.05) is 29.8 Å². The van der Waals surface area contributed by atoms with Crippen molar-refractivity contribution in [2.24, 2.45) is 0 Å². The fourth-order valence-electron chi connectivity index (χ4n) is 2.70. The van der Waals surface area contributed by atoms with E-state index >= 15 is 0 Å². The maximum absolute atomic E-state index is 4.78. The van der Waals surface area contributed by atoms with E-state index < -0.39 is 0 Å². The van der Waals surface area contributed by atoms with Crippen molar-refractivity contribution in [1.82, 2.24) is 20.1 Å². The molecule has 22 heavy (non-hydrogen) atoms. The minimum Gasteiger partial charge on any atom is -0.338 e. The first-order chi connectivity index (χ1) is 10.8. The van der Waals surface area contributed by atoms with Crippen LogP contribution in [0.4, 0.5) is 11.5 Å². The molecule has 0 aliphatic carbocycles. The monoisotopic (exact) mass is 311 g/mol. The normalized spacial score (nSPS) is 13.9. The Morgan fingerprint density at radius 3 is 2.91 bits per heavy atom. The van der Waals surface area contributed by atoms with Crippen molar-refractivity contribution < 1.29 is 0 Å². The largest absolute Gasteiger partial charge is 0.338 e. The number of nitrogens with one attached hydrogen (secondary N) is 2. The van der Waals surface area contributed by atoms with Crippen LogP contribution < -0.4 is 10.6 Å². The molecule has 0 atom stereocenters. The van der Waals surface area contributed by atoms with Gasteiger partial charge in [0.1, 0.15) is 0 Å². The molecule has 0 unspecified atom stereocenters. The first kappa shape index (κ1) is 13.5. The summed E-state index contributed by atoms with van der Waals surface area (Å²) in [6.07, 6.45) is 0.970. The molecule has 0 saturated heterocycles. The molecule has 1 aliphatic rings. The number of anilines is 2. The summed E-state index contributed by atoms with van der Waals surface area (Å²) < 4.78 is 2.00. The summed E-state index contributed by atoms with van der Waals surface area (Å²) in [5.41, 5.74) is 4.58. The van der Waals surface area contributed by atoms with Crippen molar-refractivity contribution in [2.45, 2.75) is 19.9 Å². The standard InChI is InChI=1S/C16H17N5S/c1-11-10-22-16(18-11)21-14-7-8-17-9-13(14)15(20-21)19-12-5-3-2-4-6-12/h2-6,10,17H,7-9H2,1H3,(H,19,20). The van der Waals surface area contributed by atoms with Crippen LogP contribution in [0.1, 0.15) is 17.0 Å². The molecular formula is C16H17N5S. The fourth-order valence-corrected chi connectivity index (χ4v) is 3.48. The molecule has 0 spiro atoms. The van der Waals surface area contributed by atoms with Crippen molar-refractivity contribution >= 4 is 22.8 Å². The van der Waals surface area contributed by atoms with E-state index in [1.54, 1.807) is 11.3 Å². The Bertz CT molecular complexity index is 790. The maximum Gasteiger partial charge on any atom is 0.210 e. The second-order valence-electron chi connectivity index (χ2n) is 5.37. The highest BCUT2D eigenvalue weighted by Crippen LogP contribution is 2.28. The second kappa shape index (κ2) is 5.55. The molecule has 1 aliphatic heterocycles. The summed E-state index contributed by atoms with van der Waals surface area (Å²) in [6.45, 7) is 3.84. The quantitative estimate of drug-likeness (QED) is 0.781. The van der Waals surface area contributed by atoms with E-state index in [4.69, 9.17) is 5.10 Å². The van der Waals surface area contributed by atoms with Crippen LogP contribution in [-0.4, -0.2) is 21.3 Å². The predicted octanol–water partition coefficient (Wildman–Crippen LogP) is 3.03. The van der Waals surface area contributed by atoms with E-state index in [2.05, 4.69) is 33.1 Å². The summed E-state index contributed by atoms with van der Waals surface area (Å²) in [5.74, 6) is 0.918. The summed E-state index contributed by atoms with van der Waals surface area (Å²) in [6, 6.07) is 10.2. The highest BCUT2D eigenvalue weighted by molar-refractivity contribution is 7.12. The number of rotatable bonds is 3. The third kappa shape index (κ3) is 2.40. The Morgan fingerprint density at radius 1 is 1.27 bits per heavy atom. The number of para-hydroxylation sites is 1. The van der Waals surface area contributed by atoms with E-state index in [-0.39, 0.29) is 0 Å². The van der Waals surface area contributed by atoms with E-state index in [0.29, 0.717) is 0 Å². The molecule has 0 saturated carbocycles. The summed E-state index contributed by atoms with van der Waals surface area (Å²) in [4.78, 5) is 4.58. The van der Waals surface area contributed by atoms with Crippen LogP contribution in [0.2, 0.25) is 0 Å². The average molecular weight is 311 g/mol. The Labute approximate surface area is 133 Å². The topological polar surface area (TPSA) is 54.8 Å². The lowest BCUT2D eigenvalue weighted by molar-refractivity contribution is 0.622. The molecule has 1 aromatic carbocycles. The molecule has 3 aromatic rings. The van der Waals surface area contributed by atoms with E-state index in [0.717, 1.165) is 41.8 Å². The van der Waals surface area contributed by atoms with Crippen LogP contribution in [-0.2, 0) is 13.0 Å². The number of benzene rings is 1. The van der Waals surface area contributed by atoms with E-state index in [9.17, 15) is 0 Å². The van der Waals surface area contributed by atoms with Crippen LogP contribution in [0.15, 0.2) is 35.7 Å². The van der Waals surface area contributed by atoms with Gasteiger partial charge < -0.3 is 10.6 Å². The first-order valence-corrected chi connectivity index (χ1v) is 8.25. The summed E-state index contributed by atoms with van der Waals surface area (Å²) in [7, 11) is 0. The van der Waals surface area contributed by atoms with Gasteiger partial charge >= 0.3 is 0 Å². The molecule has 112 valence electrons. The summed E-state index contributed by atoms with van der Waals surface area (Å²) >= 11 is 1.64. The molecule has 3 heterocycles. The number of thiazole rings is 1. The molecule has 4 rings (SSSR count). The zero-order valence-electron chi connectivity index (χ0n) is 12.3. The molecule has 0 radical (unpaired) electrons. The van der Waals surface area contributed by atoms with Gasteiger partial charge in [-0.05, 0) is 19.1 Å².